The summed E-state index contributed by atoms with van der Waals surface area (Å²) in [6.07, 6.45) is 3.08. The predicted octanol–water partition coefficient (Wildman–Crippen LogP) is 5.09. The molecule has 0 fully saturated rings. The van der Waals surface area contributed by atoms with Crippen molar-refractivity contribution < 1.29 is 9.47 Å². The highest BCUT2D eigenvalue weighted by Crippen LogP contribution is 2.37. The molecule has 5 rings (SSSR count). The first-order valence-corrected chi connectivity index (χ1v) is 13.2. The van der Waals surface area contributed by atoms with Crippen molar-refractivity contribution in [2.75, 3.05) is 12.9 Å². The Kier molecular flexibility index (Phi) is 6.20. The molecule has 1 aromatic carbocycles. The molecule has 0 radical (unpaired) electrons. The summed E-state index contributed by atoms with van der Waals surface area (Å²) in [4.78, 5) is 16.0. The molecular formula is C24H28N4O3S2. The molecule has 3 aromatic heterocycles. The van der Waals surface area contributed by atoms with Crippen LogP contribution in [0.2, 0.25) is 0 Å². The molecule has 0 saturated heterocycles. The zero-order chi connectivity index (χ0) is 23.1. The van der Waals surface area contributed by atoms with E-state index in [1.54, 1.807) is 34.8 Å². The second-order valence-corrected chi connectivity index (χ2v) is 10.8. The molecule has 1 aliphatic heterocycles. The lowest BCUT2D eigenvalue weighted by Gasteiger charge is -2.26. The standard InChI is InChI=1S/C24H28N4O3S2/c1-5-6-11-32-24-26-25-23-27(15-7-9-16(30-4)10-8-15)21(29)20-17-12-18(14(2)3)31-13-19(17)33-22(20)28(23)24/h7-10,14,18H,5-6,11-13H2,1-4H3/t18-/m0/s1. The summed E-state index contributed by atoms with van der Waals surface area (Å²) in [5.74, 6) is 2.63. The van der Waals surface area contributed by atoms with Gasteiger partial charge in [0.05, 0.1) is 30.9 Å². The van der Waals surface area contributed by atoms with Crippen LogP contribution >= 0.6 is 23.1 Å². The maximum atomic E-state index is 14.0. The van der Waals surface area contributed by atoms with Gasteiger partial charge in [-0.05, 0) is 42.2 Å². The number of methoxy groups -OCH3 is 1. The largest absolute Gasteiger partial charge is 0.497 e. The van der Waals surface area contributed by atoms with E-state index < -0.39 is 0 Å². The molecule has 4 heterocycles. The highest BCUT2D eigenvalue weighted by atomic mass is 32.2. The van der Waals surface area contributed by atoms with Gasteiger partial charge >= 0.3 is 0 Å². The molecule has 0 unspecified atom stereocenters. The third-order valence-electron chi connectivity index (χ3n) is 6.15. The van der Waals surface area contributed by atoms with E-state index in [-0.39, 0.29) is 11.7 Å². The first-order valence-electron chi connectivity index (χ1n) is 11.4. The molecule has 7 nitrogen and oxygen atoms in total. The number of hydrogen-bond donors (Lipinski definition) is 0. The first-order chi connectivity index (χ1) is 16.0. The van der Waals surface area contributed by atoms with Crippen molar-refractivity contribution in [2.24, 2.45) is 5.92 Å². The maximum Gasteiger partial charge on any atom is 0.268 e. The van der Waals surface area contributed by atoms with Crippen LogP contribution in [0.3, 0.4) is 0 Å². The van der Waals surface area contributed by atoms with Gasteiger partial charge in [-0.3, -0.25) is 4.79 Å². The van der Waals surface area contributed by atoms with Gasteiger partial charge < -0.3 is 9.47 Å². The molecule has 0 N–H and O–H groups in total. The van der Waals surface area contributed by atoms with E-state index >= 15 is 0 Å². The van der Waals surface area contributed by atoms with E-state index in [9.17, 15) is 4.79 Å². The molecule has 33 heavy (non-hydrogen) atoms. The number of benzene rings is 1. The quantitative estimate of drug-likeness (QED) is 0.269. The number of ether oxygens (including phenoxy) is 2. The lowest BCUT2D eigenvalue weighted by atomic mass is 9.96. The minimum atomic E-state index is -0.0536. The summed E-state index contributed by atoms with van der Waals surface area (Å²) in [7, 11) is 1.63. The number of hydrogen-bond acceptors (Lipinski definition) is 7. The molecule has 0 saturated carbocycles. The average Bonchev–Trinajstić information content (AvgIpc) is 3.41. The molecule has 174 valence electrons. The van der Waals surface area contributed by atoms with Gasteiger partial charge in [0, 0.05) is 17.1 Å². The second-order valence-electron chi connectivity index (χ2n) is 8.64. The lowest BCUT2D eigenvalue weighted by molar-refractivity contribution is 0.00200. The first kappa shape index (κ1) is 22.4. The van der Waals surface area contributed by atoms with Gasteiger partial charge in [-0.1, -0.05) is 39.0 Å². The van der Waals surface area contributed by atoms with Crippen molar-refractivity contribution in [3.05, 3.63) is 45.1 Å². The van der Waals surface area contributed by atoms with Crippen LogP contribution in [0, 0.1) is 5.92 Å². The van der Waals surface area contributed by atoms with Gasteiger partial charge in [0.2, 0.25) is 5.78 Å². The van der Waals surface area contributed by atoms with Crippen LogP contribution in [0.15, 0.2) is 34.2 Å². The molecule has 1 aliphatic rings. The van der Waals surface area contributed by atoms with Gasteiger partial charge in [-0.2, -0.15) is 0 Å². The van der Waals surface area contributed by atoms with E-state index in [4.69, 9.17) is 9.47 Å². The number of aromatic nitrogens is 4. The van der Waals surface area contributed by atoms with Gasteiger partial charge in [0.15, 0.2) is 5.16 Å². The molecular weight excluding hydrogens is 456 g/mol. The Hall–Kier alpha value is -2.36. The number of thiophene rings is 1. The highest BCUT2D eigenvalue weighted by Gasteiger charge is 2.30. The molecule has 0 spiro atoms. The minimum Gasteiger partial charge on any atom is -0.497 e. The number of unbranched alkanes of at least 4 members (excludes halogenated alkanes) is 1. The summed E-state index contributed by atoms with van der Waals surface area (Å²) in [6.45, 7) is 7.06. The minimum absolute atomic E-state index is 0.0536. The van der Waals surface area contributed by atoms with Crippen LogP contribution in [0.25, 0.3) is 21.7 Å². The molecule has 9 heteroatoms. The number of rotatable bonds is 7. The zero-order valence-electron chi connectivity index (χ0n) is 19.3. The molecule has 0 aliphatic carbocycles. The number of fused-ring (bicyclic) bond motifs is 5. The number of thioether (sulfide) groups is 1. The summed E-state index contributed by atoms with van der Waals surface area (Å²) in [5.41, 5.74) is 1.81. The van der Waals surface area contributed by atoms with E-state index in [2.05, 4.69) is 35.4 Å². The Morgan fingerprint density at radius 3 is 2.76 bits per heavy atom. The molecule has 0 amide bonds. The lowest BCUT2D eigenvalue weighted by Crippen LogP contribution is -2.28. The predicted molar refractivity (Wildman–Crippen MR) is 133 cm³/mol. The summed E-state index contributed by atoms with van der Waals surface area (Å²) < 4.78 is 15.2. The fourth-order valence-electron chi connectivity index (χ4n) is 4.23. The molecule has 0 bridgehead atoms. The van der Waals surface area contributed by atoms with Gasteiger partial charge in [0.1, 0.15) is 10.6 Å². The topological polar surface area (TPSA) is 70.7 Å². The fraction of sp³-hybridized carbons (Fsp3) is 0.458. The monoisotopic (exact) mass is 484 g/mol. The van der Waals surface area contributed by atoms with Crippen molar-refractivity contribution in [2.45, 2.75) is 57.9 Å². The highest BCUT2D eigenvalue weighted by molar-refractivity contribution is 7.99. The smallest absolute Gasteiger partial charge is 0.268 e. The molecule has 4 aromatic rings. The zero-order valence-corrected chi connectivity index (χ0v) is 21.0. The normalized spacial score (nSPS) is 16.1. The van der Waals surface area contributed by atoms with Crippen molar-refractivity contribution in [1.82, 2.24) is 19.2 Å². The third kappa shape index (κ3) is 3.86. The Morgan fingerprint density at radius 1 is 1.27 bits per heavy atom. The van der Waals surface area contributed by atoms with Crippen molar-refractivity contribution >= 4 is 39.1 Å². The van der Waals surface area contributed by atoms with Crippen LogP contribution in [-0.4, -0.2) is 38.1 Å². The summed E-state index contributed by atoms with van der Waals surface area (Å²) in [6, 6.07) is 7.51. The van der Waals surface area contributed by atoms with Gasteiger partial charge in [0.25, 0.3) is 5.56 Å². The van der Waals surface area contributed by atoms with Crippen molar-refractivity contribution in [1.29, 1.82) is 0 Å². The van der Waals surface area contributed by atoms with Crippen LogP contribution in [-0.2, 0) is 17.8 Å². The summed E-state index contributed by atoms with van der Waals surface area (Å²) in [5, 5.41) is 10.6. The Bertz CT molecular complexity index is 1350. The van der Waals surface area contributed by atoms with E-state index in [0.29, 0.717) is 18.3 Å². The Balaban J connectivity index is 1.79. The third-order valence-corrected chi connectivity index (χ3v) is 8.35. The summed E-state index contributed by atoms with van der Waals surface area (Å²) >= 11 is 3.33. The van der Waals surface area contributed by atoms with E-state index in [1.807, 2.05) is 24.3 Å². The van der Waals surface area contributed by atoms with Crippen molar-refractivity contribution in [3.63, 3.8) is 0 Å². The van der Waals surface area contributed by atoms with Crippen LogP contribution in [0.4, 0.5) is 0 Å². The number of nitrogens with zero attached hydrogens (tertiary/aromatic N) is 4. The maximum absolute atomic E-state index is 14.0. The van der Waals surface area contributed by atoms with Gasteiger partial charge in [-0.25, -0.2) is 8.97 Å². The average molecular weight is 485 g/mol. The van der Waals surface area contributed by atoms with E-state index in [1.165, 1.54) is 0 Å². The second kappa shape index (κ2) is 9.12. The molecule has 1 atom stereocenters. The Labute approximate surface area is 200 Å². The van der Waals surface area contributed by atoms with Gasteiger partial charge in [-0.15, -0.1) is 21.5 Å². The SMILES string of the molecule is CCCCSc1nnc2n(-c3ccc(OC)cc3)c(=O)c3c4c(sc3n12)CO[C@H](C(C)C)C4. The van der Waals surface area contributed by atoms with E-state index in [0.717, 1.165) is 62.3 Å². The van der Waals surface area contributed by atoms with Crippen LogP contribution in [0.1, 0.15) is 44.1 Å². The van der Waals surface area contributed by atoms with Crippen LogP contribution < -0.4 is 10.3 Å². The van der Waals surface area contributed by atoms with Crippen molar-refractivity contribution in [3.8, 4) is 11.4 Å². The van der Waals surface area contributed by atoms with Crippen LogP contribution in [0.5, 0.6) is 5.75 Å². The fourth-order valence-corrected chi connectivity index (χ4v) is 6.55. The Morgan fingerprint density at radius 2 is 2.06 bits per heavy atom.